The third kappa shape index (κ3) is 2.97. The highest BCUT2D eigenvalue weighted by Crippen LogP contribution is 2.21. The fourth-order valence-electron chi connectivity index (χ4n) is 2.67. The average molecular weight is 349 g/mol. The van der Waals surface area contributed by atoms with Gasteiger partial charge in [0.1, 0.15) is 5.65 Å². The predicted octanol–water partition coefficient (Wildman–Crippen LogP) is 4.19. The summed E-state index contributed by atoms with van der Waals surface area (Å²) in [6, 6.07) is 15.1. The molecule has 4 aromatic rings. The Labute approximate surface area is 148 Å². The second kappa shape index (κ2) is 6.37. The smallest absolute Gasteiger partial charge is 0.248 e. The van der Waals surface area contributed by atoms with Gasteiger partial charge in [0.25, 0.3) is 0 Å². The number of pyridine rings is 2. The van der Waals surface area contributed by atoms with Crippen molar-refractivity contribution >= 4 is 45.8 Å². The number of nitrogens with zero attached hydrogens (tertiary/aromatic N) is 3. The lowest BCUT2D eigenvalue weighted by Crippen LogP contribution is -2.08. The minimum atomic E-state index is -0.264. The van der Waals surface area contributed by atoms with Gasteiger partial charge < -0.3 is 5.32 Å². The van der Waals surface area contributed by atoms with Crippen molar-refractivity contribution in [3.05, 3.63) is 77.8 Å². The molecule has 6 heteroatoms. The molecule has 0 fully saturated rings. The van der Waals surface area contributed by atoms with E-state index in [2.05, 4.69) is 15.3 Å². The number of nitrogens with one attached hydrogen (secondary N) is 1. The van der Waals surface area contributed by atoms with Gasteiger partial charge in [-0.25, -0.2) is 4.98 Å². The Hall–Kier alpha value is -3.18. The number of hydrogen-bond acceptors (Lipinski definition) is 3. The Balaban J connectivity index is 1.61. The van der Waals surface area contributed by atoms with Crippen LogP contribution in [0.15, 0.2) is 67.0 Å². The van der Waals surface area contributed by atoms with Crippen molar-refractivity contribution in [2.75, 3.05) is 5.32 Å². The quantitative estimate of drug-likeness (QED) is 0.565. The van der Waals surface area contributed by atoms with Crippen molar-refractivity contribution in [1.82, 2.24) is 14.4 Å². The number of para-hydroxylation sites is 1. The number of benzene rings is 1. The summed E-state index contributed by atoms with van der Waals surface area (Å²) in [7, 11) is 0. The van der Waals surface area contributed by atoms with Crippen LogP contribution >= 0.6 is 11.6 Å². The van der Waals surface area contributed by atoms with Crippen LogP contribution in [0, 0.1) is 0 Å². The van der Waals surface area contributed by atoms with E-state index in [9.17, 15) is 4.79 Å². The number of carbonyl (C=O) groups excluding carboxylic acids is 1. The molecule has 0 radical (unpaired) electrons. The standard InChI is InChI=1S/C19H13ClN4O/c20-19-15(24-12-2-1-8-16(24)23-19)9-10-17(25)22-14-7-3-5-13-6-4-11-21-18(13)14/h1-12H,(H,22,25). The summed E-state index contributed by atoms with van der Waals surface area (Å²) in [6.07, 6.45) is 6.63. The molecule has 4 rings (SSSR count). The van der Waals surface area contributed by atoms with E-state index in [4.69, 9.17) is 11.6 Å². The van der Waals surface area contributed by atoms with Crippen molar-refractivity contribution < 1.29 is 4.79 Å². The van der Waals surface area contributed by atoms with Gasteiger partial charge in [-0.15, -0.1) is 0 Å². The first-order valence-electron chi connectivity index (χ1n) is 7.68. The summed E-state index contributed by atoms with van der Waals surface area (Å²) < 4.78 is 1.82. The lowest BCUT2D eigenvalue weighted by Gasteiger charge is -2.05. The number of fused-ring (bicyclic) bond motifs is 2. The molecule has 0 spiro atoms. The minimum absolute atomic E-state index is 0.264. The van der Waals surface area contributed by atoms with E-state index in [0.717, 1.165) is 16.6 Å². The van der Waals surface area contributed by atoms with Crippen LogP contribution in [0.2, 0.25) is 5.15 Å². The van der Waals surface area contributed by atoms with Crippen LogP contribution < -0.4 is 5.32 Å². The summed E-state index contributed by atoms with van der Waals surface area (Å²) in [6.45, 7) is 0. The van der Waals surface area contributed by atoms with E-state index >= 15 is 0 Å². The van der Waals surface area contributed by atoms with Crippen LogP contribution in [0.3, 0.4) is 0 Å². The van der Waals surface area contributed by atoms with Crippen LogP contribution in [-0.2, 0) is 4.79 Å². The molecule has 0 aliphatic heterocycles. The molecule has 3 aromatic heterocycles. The zero-order valence-electron chi connectivity index (χ0n) is 13.1. The van der Waals surface area contributed by atoms with Gasteiger partial charge in [-0.05, 0) is 30.3 Å². The summed E-state index contributed by atoms with van der Waals surface area (Å²) in [5.74, 6) is -0.264. The predicted molar refractivity (Wildman–Crippen MR) is 99.6 cm³/mol. The van der Waals surface area contributed by atoms with Crippen molar-refractivity contribution in [2.24, 2.45) is 0 Å². The van der Waals surface area contributed by atoms with E-state index in [1.165, 1.54) is 6.08 Å². The van der Waals surface area contributed by atoms with Gasteiger partial charge in [0.2, 0.25) is 5.91 Å². The maximum atomic E-state index is 12.3. The normalized spacial score (nSPS) is 11.4. The molecule has 0 aliphatic rings. The van der Waals surface area contributed by atoms with Gasteiger partial charge in [0.05, 0.1) is 16.9 Å². The van der Waals surface area contributed by atoms with E-state index < -0.39 is 0 Å². The van der Waals surface area contributed by atoms with Crippen molar-refractivity contribution in [3.63, 3.8) is 0 Å². The van der Waals surface area contributed by atoms with Crippen LogP contribution in [0.25, 0.3) is 22.6 Å². The minimum Gasteiger partial charge on any atom is -0.321 e. The van der Waals surface area contributed by atoms with Crippen molar-refractivity contribution in [1.29, 1.82) is 0 Å². The first-order valence-corrected chi connectivity index (χ1v) is 8.05. The molecule has 0 unspecified atom stereocenters. The first kappa shape index (κ1) is 15.4. The topological polar surface area (TPSA) is 59.3 Å². The Kier molecular flexibility index (Phi) is 3.91. The van der Waals surface area contributed by atoms with Crippen LogP contribution in [0.4, 0.5) is 5.69 Å². The third-order valence-corrected chi connectivity index (χ3v) is 4.08. The van der Waals surface area contributed by atoms with Gasteiger partial charge in [0, 0.05) is 23.9 Å². The average Bonchev–Trinajstić information content (AvgIpc) is 2.95. The molecular formula is C19H13ClN4O. The molecule has 0 saturated heterocycles. The Morgan fingerprint density at radius 2 is 2.00 bits per heavy atom. The molecule has 0 aliphatic carbocycles. The molecule has 0 saturated carbocycles. The molecule has 1 N–H and O–H groups in total. The second-order valence-electron chi connectivity index (χ2n) is 5.42. The third-order valence-electron chi connectivity index (χ3n) is 3.81. The first-order chi connectivity index (χ1) is 12.2. The summed E-state index contributed by atoms with van der Waals surface area (Å²) >= 11 is 6.16. The van der Waals surface area contributed by atoms with E-state index in [1.807, 2.05) is 59.1 Å². The van der Waals surface area contributed by atoms with Crippen LogP contribution in [0.1, 0.15) is 5.69 Å². The van der Waals surface area contributed by atoms with Gasteiger partial charge in [0.15, 0.2) is 5.15 Å². The highest BCUT2D eigenvalue weighted by molar-refractivity contribution is 6.31. The van der Waals surface area contributed by atoms with E-state index in [1.54, 1.807) is 12.3 Å². The van der Waals surface area contributed by atoms with Gasteiger partial charge in [-0.1, -0.05) is 35.9 Å². The molecular weight excluding hydrogens is 336 g/mol. The lowest BCUT2D eigenvalue weighted by atomic mass is 10.2. The van der Waals surface area contributed by atoms with E-state index in [-0.39, 0.29) is 5.91 Å². The van der Waals surface area contributed by atoms with E-state index in [0.29, 0.717) is 16.5 Å². The number of amides is 1. The van der Waals surface area contributed by atoms with Crippen molar-refractivity contribution in [2.45, 2.75) is 0 Å². The maximum absolute atomic E-state index is 12.3. The zero-order valence-corrected chi connectivity index (χ0v) is 13.8. The Morgan fingerprint density at radius 1 is 1.12 bits per heavy atom. The van der Waals surface area contributed by atoms with Gasteiger partial charge in [-0.2, -0.15) is 0 Å². The summed E-state index contributed by atoms with van der Waals surface area (Å²) in [5.41, 5.74) is 2.80. The number of carbonyl (C=O) groups is 1. The SMILES string of the molecule is O=C(C=Cc1c(Cl)nc2ccccn12)Nc1cccc2cccnc12. The lowest BCUT2D eigenvalue weighted by molar-refractivity contribution is -0.111. The molecule has 3 heterocycles. The highest BCUT2D eigenvalue weighted by Gasteiger charge is 2.08. The molecule has 1 aromatic carbocycles. The largest absolute Gasteiger partial charge is 0.321 e. The molecule has 1 amide bonds. The second-order valence-corrected chi connectivity index (χ2v) is 5.78. The van der Waals surface area contributed by atoms with Crippen molar-refractivity contribution in [3.8, 4) is 0 Å². The van der Waals surface area contributed by atoms with Crippen LogP contribution in [-0.4, -0.2) is 20.3 Å². The zero-order chi connectivity index (χ0) is 17.2. The summed E-state index contributed by atoms with van der Waals surface area (Å²) in [4.78, 5) is 20.9. The molecule has 25 heavy (non-hydrogen) atoms. The van der Waals surface area contributed by atoms with Crippen LogP contribution in [0.5, 0.6) is 0 Å². The molecule has 0 atom stereocenters. The maximum Gasteiger partial charge on any atom is 0.248 e. The number of hydrogen-bond donors (Lipinski definition) is 1. The number of aromatic nitrogens is 3. The van der Waals surface area contributed by atoms with Gasteiger partial charge >= 0.3 is 0 Å². The fourth-order valence-corrected chi connectivity index (χ4v) is 2.91. The summed E-state index contributed by atoms with van der Waals surface area (Å²) in [5, 5.41) is 4.17. The number of anilines is 1. The number of halogens is 1. The molecule has 5 nitrogen and oxygen atoms in total. The van der Waals surface area contributed by atoms with Gasteiger partial charge in [-0.3, -0.25) is 14.2 Å². The highest BCUT2D eigenvalue weighted by atomic mass is 35.5. The monoisotopic (exact) mass is 348 g/mol. The Bertz CT molecular complexity index is 1110. The fraction of sp³-hybridized carbons (Fsp3) is 0. The Morgan fingerprint density at radius 3 is 2.92 bits per heavy atom. The molecule has 0 bridgehead atoms. The number of imidazole rings is 1. The molecule has 122 valence electrons. The number of rotatable bonds is 3.